The van der Waals surface area contributed by atoms with Crippen molar-refractivity contribution in [2.24, 2.45) is 0 Å². The number of esters is 1. The average molecular weight is 330 g/mol. The number of rotatable bonds is 5. The van der Waals surface area contributed by atoms with Crippen LogP contribution in [0, 0.1) is 11.3 Å². The number of hydrogen-bond acceptors (Lipinski definition) is 6. The van der Waals surface area contributed by atoms with Gasteiger partial charge in [0.05, 0.1) is 12.0 Å². The molecule has 1 atom stereocenters. The summed E-state index contributed by atoms with van der Waals surface area (Å²) < 4.78 is 5.08. The summed E-state index contributed by atoms with van der Waals surface area (Å²) >= 11 is 1.22. The number of amides is 1. The lowest BCUT2D eigenvalue weighted by molar-refractivity contribution is -0.152. The maximum atomic E-state index is 12.0. The fraction of sp³-hybridized carbons (Fsp3) is 0.188. The summed E-state index contributed by atoms with van der Waals surface area (Å²) in [7, 11) is 0. The van der Waals surface area contributed by atoms with Crippen molar-refractivity contribution < 1.29 is 19.4 Å². The van der Waals surface area contributed by atoms with Crippen LogP contribution in [0.2, 0.25) is 0 Å². The Morgan fingerprint density at radius 1 is 1.35 bits per heavy atom. The van der Waals surface area contributed by atoms with Crippen molar-refractivity contribution in [3.8, 4) is 11.8 Å². The highest BCUT2D eigenvalue weighted by Gasteiger charge is 2.19. The molecule has 0 radical (unpaired) electrons. The Labute approximate surface area is 136 Å². The molecule has 0 aliphatic carbocycles. The van der Waals surface area contributed by atoms with Gasteiger partial charge >= 0.3 is 5.97 Å². The number of phenols is 1. The number of hydrogen-bond donors (Lipinski definition) is 2. The molecule has 6 nitrogen and oxygen atoms in total. The van der Waals surface area contributed by atoms with E-state index in [1.165, 1.54) is 30.4 Å². The van der Waals surface area contributed by atoms with Gasteiger partial charge in [0, 0.05) is 0 Å². The first-order valence-corrected chi connectivity index (χ1v) is 7.63. The fourth-order valence-electron chi connectivity index (χ4n) is 1.78. The number of nitrogens with zero attached hydrogens (tertiary/aromatic N) is 1. The predicted molar refractivity (Wildman–Crippen MR) is 85.0 cm³/mol. The number of nitriles is 1. The predicted octanol–water partition coefficient (Wildman–Crippen LogP) is 2.44. The van der Waals surface area contributed by atoms with E-state index >= 15 is 0 Å². The van der Waals surface area contributed by atoms with Crippen molar-refractivity contribution in [2.45, 2.75) is 19.4 Å². The third kappa shape index (κ3) is 4.56. The summed E-state index contributed by atoms with van der Waals surface area (Å²) in [4.78, 5) is 23.8. The lowest BCUT2D eigenvalue weighted by atomic mass is 10.1. The molecule has 2 N–H and O–H groups in total. The number of aromatic hydroxyl groups is 1. The molecule has 0 aliphatic rings. The zero-order chi connectivity index (χ0) is 16.8. The second-order valence-corrected chi connectivity index (χ2v) is 5.66. The first-order valence-electron chi connectivity index (χ1n) is 6.75. The average Bonchev–Trinajstić information content (AvgIpc) is 2.96. The number of carbonyl (C=O) groups excluding carboxylic acids is 2. The summed E-state index contributed by atoms with van der Waals surface area (Å²) in [5, 5.41) is 22.8. The molecule has 118 valence electrons. The van der Waals surface area contributed by atoms with E-state index in [4.69, 9.17) is 10.00 Å². The topological polar surface area (TPSA) is 99.4 Å². The van der Waals surface area contributed by atoms with Crippen LogP contribution in [0.25, 0.3) is 0 Å². The van der Waals surface area contributed by atoms with Crippen LogP contribution in [0.1, 0.15) is 18.1 Å². The number of nitrogens with one attached hydrogen (secondary N) is 1. The number of anilines is 1. The van der Waals surface area contributed by atoms with Crippen LogP contribution in [0.4, 0.5) is 5.00 Å². The smallest absolute Gasteiger partial charge is 0.311 e. The monoisotopic (exact) mass is 330 g/mol. The Hall–Kier alpha value is -2.85. The first-order chi connectivity index (χ1) is 11.0. The van der Waals surface area contributed by atoms with E-state index in [0.717, 1.165) is 0 Å². The van der Waals surface area contributed by atoms with Gasteiger partial charge in [-0.25, -0.2) is 0 Å². The van der Waals surface area contributed by atoms with Crippen LogP contribution >= 0.6 is 11.3 Å². The molecule has 0 spiro atoms. The molecule has 1 aromatic heterocycles. The van der Waals surface area contributed by atoms with Gasteiger partial charge in [0.15, 0.2) is 6.10 Å². The second kappa shape index (κ2) is 7.42. The molecule has 2 aromatic rings. The van der Waals surface area contributed by atoms with Crippen LogP contribution in [0.3, 0.4) is 0 Å². The minimum atomic E-state index is -0.978. The molecule has 0 saturated heterocycles. The molecule has 0 bridgehead atoms. The largest absolute Gasteiger partial charge is 0.508 e. The van der Waals surface area contributed by atoms with E-state index in [-0.39, 0.29) is 12.2 Å². The Morgan fingerprint density at radius 2 is 2.04 bits per heavy atom. The van der Waals surface area contributed by atoms with Crippen LogP contribution in [-0.2, 0) is 20.7 Å². The Balaban J connectivity index is 1.89. The quantitative estimate of drug-likeness (QED) is 0.820. The Morgan fingerprint density at radius 3 is 2.70 bits per heavy atom. The molecule has 0 aliphatic heterocycles. The minimum Gasteiger partial charge on any atom is -0.508 e. The molecular formula is C16H14N2O4S. The summed E-state index contributed by atoms with van der Waals surface area (Å²) in [6.45, 7) is 1.46. The van der Waals surface area contributed by atoms with Gasteiger partial charge in [-0.05, 0) is 36.1 Å². The van der Waals surface area contributed by atoms with Gasteiger partial charge in [-0.15, -0.1) is 11.3 Å². The minimum absolute atomic E-state index is 0.000345. The summed E-state index contributed by atoms with van der Waals surface area (Å²) in [5.41, 5.74) is 1.04. The Kier molecular flexibility index (Phi) is 5.33. The summed E-state index contributed by atoms with van der Waals surface area (Å²) in [5.74, 6) is -0.938. The van der Waals surface area contributed by atoms with Crippen LogP contribution < -0.4 is 5.32 Å². The zero-order valence-corrected chi connectivity index (χ0v) is 13.1. The number of thiophene rings is 1. The molecule has 23 heavy (non-hydrogen) atoms. The number of carbonyl (C=O) groups is 2. The van der Waals surface area contributed by atoms with Crippen LogP contribution in [0.15, 0.2) is 35.7 Å². The van der Waals surface area contributed by atoms with E-state index in [2.05, 4.69) is 5.32 Å². The van der Waals surface area contributed by atoms with Gasteiger partial charge in [-0.1, -0.05) is 12.1 Å². The van der Waals surface area contributed by atoms with E-state index < -0.39 is 18.0 Å². The number of benzene rings is 1. The van der Waals surface area contributed by atoms with Crippen molar-refractivity contribution in [1.29, 1.82) is 5.26 Å². The van der Waals surface area contributed by atoms with Crippen molar-refractivity contribution in [3.05, 3.63) is 46.8 Å². The number of phenolic OH excluding ortho intramolecular Hbond substituents is 1. The highest BCUT2D eigenvalue weighted by atomic mass is 32.1. The molecule has 0 fully saturated rings. The lowest BCUT2D eigenvalue weighted by Crippen LogP contribution is -2.30. The van der Waals surface area contributed by atoms with Crippen LogP contribution in [0.5, 0.6) is 5.75 Å². The molecule has 7 heteroatoms. The van der Waals surface area contributed by atoms with Gasteiger partial charge in [0.25, 0.3) is 5.91 Å². The standard InChI is InChI=1S/C16H14N2O4S/c1-10(15(21)18-16-12(9-17)6-7-23-16)22-14(20)8-11-2-4-13(19)5-3-11/h2-7,10,19H,8H2,1H3,(H,18,21)/t10-/m1/s1. The molecule has 1 heterocycles. The van der Waals surface area contributed by atoms with Gasteiger partial charge in [0.2, 0.25) is 0 Å². The highest BCUT2D eigenvalue weighted by molar-refractivity contribution is 7.14. The highest BCUT2D eigenvalue weighted by Crippen LogP contribution is 2.22. The second-order valence-electron chi connectivity index (χ2n) is 4.74. The zero-order valence-electron chi connectivity index (χ0n) is 12.3. The van der Waals surface area contributed by atoms with Gasteiger partial charge < -0.3 is 15.2 Å². The van der Waals surface area contributed by atoms with Gasteiger partial charge in [-0.2, -0.15) is 5.26 Å². The third-order valence-electron chi connectivity index (χ3n) is 2.98. The maximum absolute atomic E-state index is 12.0. The van der Waals surface area contributed by atoms with Gasteiger partial charge in [0.1, 0.15) is 16.8 Å². The molecule has 2 rings (SSSR count). The summed E-state index contributed by atoms with van der Waals surface area (Å²) in [6, 6.07) is 9.71. The van der Waals surface area contributed by atoms with Crippen molar-refractivity contribution in [2.75, 3.05) is 5.32 Å². The molecule has 0 unspecified atom stereocenters. The summed E-state index contributed by atoms with van der Waals surface area (Å²) in [6.07, 6.45) is -0.978. The first kappa shape index (κ1) is 16.5. The lowest BCUT2D eigenvalue weighted by Gasteiger charge is -2.13. The van der Waals surface area contributed by atoms with E-state index in [1.54, 1.807) is 23.6 Å². The van der Waals surface area contributed by atoms with Crippen molar-refractivity contribution >= 4 is 28.2 Å². The molecule has 1 amide bonds. The van der Waals surface area contributed by atoms with E-state index in [1.807, 2.05) is 6.07 Å². The van der Waals surface area contributed by atoms with Gasteiger partial charge in [-0.3, -0.25) is 9.59 Å². The SMILES string of the molecule is C[C@@H](OC(=O)Cc1ccc(O)cc1)C(=O)Nc1sccc1C#N. The van der Waals surface area contributed by atoms with E-state index in [0.29, 0.717) is 16.1 Å². The van der Waals surface area contributed by atoms with E-state index in [9.17, 15) is 14.7 Å². The van der Waals surface area contributed by atoms with Crippen LogP contribution in [-0.4, -0.2) is 23.1 Å². The van der Waals surface area contributed by atoms with Crippen molar-refractivity contribution in [3.63, 3.8) is 0 Å². The Bertz CT molecular complexity index is 746. The molecular weight excluding hydrogens is 316 g/mol. The number of ether oxygens (including phenoxy) is 1. The van der Waals surface area contributed by atoms with Crippen molar-refractivity contribution in [1.82, 2.24) is 0 Å². The normalized spacial score (nSPS) is 11.3. The third-order valence-corrected chi connectivity index (χ3v) is 3.81. The molecule has 1 aromatic carbocycles. The maximum Gasteiger partial charge on any atom is 0.311 e. The molecule has 0 saturated carbocycles. The fourth-order valence-corrected chi connectivity index (χ4v) is 2.52.